The van der Waals surface area contributed by atoms with Crippen molar-refractivity contribution in [1.29, 1.82) is 5.41 Å². The van der Waals surface area contributed by atoms with E-state index in [1.807, 2.05) is 30.3 Å². The van der Waals surface area contributed by atoms with Crippen LogP contribution in [0.3, 0.4) is 0 Å². The number of aliphatic carboxylic acids is 1. The number of ether oxygens (including phenoxy) is 3. The van der Waals surface area contributed by atoms with Gasteiger partial charge in [-0.2, -0.15) is 0 Å². The zero-order valence-electron chi connectivity index (χ0n) is 25.6. The quantitative estimate of drug-likeness (QED) is 0.0883. The summed E-state index contributed by atoms with van der Waals surface area (Å²) in [6, 6.07) is 25.2. The number of hydrogen-bond donors (Lipinski definition) is 6. The maximum absolute atomic E-state index is 13.8. The van der Waals surface area contributed by atoms with E-state index in [1.165, 1.54) is 26.4 Å². The second-order valence-corrected chi connectivity index (χ2v) is 9.83. The van der Waals surface area contributed by atoms with Crippen molar-refractivity contribution in [2.45, 2.75) is 26.1 Å². The molecular weight excluding hydrogens is 592 g/mol. The number of carboxylic acid groups (broad SMARTS) is 2. The van der Waals surface area contributed by atoms with E-state index < -0.39 is 18.0 Å². The Bertz CT molecular complexity index is 1640. The molecule has 1 amide bonds. The molecular formula is C34H36N4O8. The van der Waals surface area contributed by atoms with Crippen LogP contribution in [0.1, 0.15) is 45.6 Å². The molecule has 0 aliphatic carbocycles. The van der Waals surface area contributed by atoms with Crippen molar-refractivity contribution in [2.75, 3.05) is 19.5 Å². The minimum absolute atomic E-state index is 0.0642. The van der Waals surface area contributed by atoms with Crippen LogP contribution in [0.2, 0.25) is 0 Å². The summed E-state index contributed by atoms with van der Waals surface area (Å²) in [4.78, 5) is 34.0. The molecule has 1 atom stereocenters. The van der Waals surface area contributed by atoms with E-state index in [2.05, 4.69) is 10.6 Å². The molecule has 0 saturated carbocycles. The molecule has 0 aliphatic heterocycles. The van der Waals surface area contributed by atoms with Crippen LogP contribution in [-0.2, 0) is 22.7 Å². The monoisotopic (exact) mass is 628 g/mol. The molecule has 4 aromatic carbocycles. The number of anilines is 1. The SMILES string of the molecule is CC(=O)O.COc1cc(OCc2ccc(C(=O)O)cc2)c(C(Nc2ccc(C(=N)N)cc2)C(=O)NCc2ccccc2)cc1OC. The van der Waals surface area contributed by atoms with Crippen molar-refractivity contribution in [3.05, 3.63) is 119 Å². The molecule has 0 aromatic heterocycles. The van der Waals surface area contributed by atoms with Crippen LogP contribution in [0.25, 0.3) is 0 Å². The van der Waals surface area contributed by atoms with Crippen LogP contribution in [-0.4, -0.2) is 48.1 Å². The molecule has 12 heteroatoms. The number of nitrogen functional groups attached to an aromatic ring is 1. The fraction of sp³-hybridized carbons (Fsp3) is 0.176. The number of amidine groups is 1. The number of rotatable bonds is 13. The Labute approximate surface area is 266 Å². The summed E-state index contributed by atoms with van der Waals surface area (Å²) < 4.78 is 17.3. The number of carboxylic acids is 2. The number of carbonyl (C=O) groups excluding carboxylic acids is 1. The first-order valence-electron chi connectivity index (χ1n) is 14.0. The number of hydrogen-bond acceptors (Lipinski definition) is 8. The Morgan fingerprint density at radius 3 is 1.91 bits per heavy atom. The fourth-order valence-corrected chi connectivity index (χ4v) is 4.22. The number of nitrogens with one attached hydrogen (secondary N) is 3. The predicted octanol–water partition coefficient (Wildman–Crippen LogP) is 4.83. The molecule has 240 valence electrons. The van der Waals surface area contributed by atoms with Gasteiger partial charge in [-0.1, -0.05) is 42.5 Å². The number of methoxy groups -OCH3 is 2. The average molecular weight is 629 g/mol. The predicted molar refractivity (Wildman–Crippen MR) is 173 cm³/mol. The molecule has 0 aliphatic rings. The van der Waals surface area contributed by atoms with E-state index in [4.69, 9.17) is 35.3 Å². The summed E-state index contributed by atoms with van der Waals surface area (Å²) in [6.45, 7) is 1.49. The van der Waals surface area contributed by atoms with Gasteiger partial charge in [0.2, 0.25) is 5.91 Å². The van der Waals surface area contributed by atoms with Crippen LogP contribution in [0, 0.1) is 5.41 Å². The van der Waals surface area contributed by atoms with Gasteiger partial charge in [-0.05, 0) is 53.6 Å². The third-order valence-corrected chi connectivity index (χ3v) is 6.50. The zero-order valence-corrected chi connectivity index (χ0v) is 25.6. The van der Waals surface area contributed by atoms with Gasteiger partial charge >= 0.3 is 5.97 Å². The Morgan fingerprint density at radius 1 is 0.804 bits per heavy atom. The Hall–Kier alpha value is -6.04. The van der Waals surface area contributed by atoms with Gasteiger partial charge in [0.1, 0.15) is 24.2 Å². The van der Waals surface area contributed by atoms with E-state index in [1.54, 1.807) is 48.5 Å². The van der Waals surface area contributed by atoms with Gasteiger partial charge in [-0.25, -0.2) is 4.79 Å². The molecule has 0 bridgehead atoms. The Balaban J connectivity index is 0.00000136. The van der Waals surface area contributed by atoms with Crippen molar-refractivity contribution in [1.82, 2.24) is 5.32 Å². The highest BCUT2D eigenvalue weighted by Gasteiger charge is 2.27. The third kappa shape index (κ3) is 10.0. The molecule has 0 fully saturated rings. The van der Waals surface area contributed by atoms with Crippen LogP contribution in [0.4, 0.5) is 5.69 Å². The van der Waals surface area contributed by atoms with Crippen molar-refractivity contribution in [3.8, 4) is 17.2 Å². The molecule has 7 N–H and O–H groups in total. The fourth-order valence-electron chi connectivity index (χ4n) is 4.22. The Morgan fingerprint density at radius 2 is 1.37 bits per heavy atom. The highest BCUT2D eigenvalue weighted by Crippen LogP contribution is 2.39. The van der Waals surface area contributed by atoms with Gasteiger partial charge < -0.3 is 40.8 Å². The lowest BCUT2D eigenvalue weighted by Gasteiger charge is -2.24. The van der Waals surface area contributed by atoms with Crippen LogP contribution in [0.15, 0.2) is 91.0 Å². The number of aromatic carboxylic acids is 1. The van der Waals surface area contributed by atoms with E-state index in [9.17, 15) is 14.7 Å². The van der Waals surface area contributed by atoms with Crippen LogP contribution in [0.5, 0.6) is 17.2 Å². The minimum Gasteiger partial charge on any atom is -0.493 e. The van der Waals surface area contributed by atoms with Gasteiger partial charge in [0, 0.05) is 36.3 Å². The van der Waals surface area contributed by atoms with Gasteiger partial charge in [0.25, 0.3) is 5.97 Å². The topological polar surface area (TPSA) is 193 Å². The number of carbonyl (C=O) groups is 3. The van der Waals surface area contributed by atoms with Gasteiger partial charge in [0.05, 0.1) is 19.8 Å². The van der Waals surface area contributed by atoms with Gasteiger partial charge in [-0.3, -0.25) is 15.0 Å². The normalized spacial score (nSPS) is 10.8. The third-order valence-electron chi connectivity index (χ3n) is 6.50. The number of amides is 1. The van der Waals surface area contributed by atoms with Crippen molar-refractivity contribution >= 4 is 29.4 Å². The van der Waals surface area contributed by atoms with E-state index in [0.29, 0.717) is 40.6 Å². The second kappa shape index (κ2) is 16.7. The first-order valence-corrected chi connectivity index (χ1v) is 14.0. The molecule has 0 radical (unpaired) electrons. The summed E-state index contributed by atoms with van der Waals surface area (Å²) in [6.07, 6.45) is 0. The first kappa shape index (κ1) is 34.5. The van der Waals surface area contributed by atoms with Crippen molar-refractivity contribution in [2.24, 2.45) is 5.73 Å². The summed E-state index contributed by atoms with van der Waals surface area (Å²) in [7, 11) is 3.01. The highest BCUT2D eigenvalue weighted by molar-refractivity contribution is 5.95. The molecule has 0 heterocycles. The van der Waals surface area contributed by atoms with Gasteiger partial charge in [0.15, 0.2) is 11.5 Å². The Kier molecular flexibility index (Phi) is 12.5. The molecule has 0 spiro atoms. The lowest BCUT2D eigenvalue weighted by Crippen LogP contribution is -2.33. The molecule has 4 rings (SSSR count). The highest BCUT2D eigenvalue weighted by atomic mass is 16.5. The van der Waals surface area contributed by atoms with Crippen LogP contribution < -0.4 is 30.6 Å². The van der Waals surface area contributed by atoms with E-state index in [0.717, 1.165) is 18.1 Å². The molecule has 46 heavy (non-hydrogen) atoms. The van der Waals surface area contributed by atoms with E-state index >= 15 is 0 Å². The standard InChI is InChI=1S/C32H32N4O6.C2H4O2/c1-40-27-16-25(26(17-28(27)41-2)42-19-21-8-10-23(11-9-21)32(38)39)29(31(37)35-18-20-6-4-3-5-7-20)36-24-14-12-22(13-15-24)30(33)34;1-2(3)4/h3-17,29,36H,18-19H2,1-2H3,(H3,33,34)(H,35,37)(H,38,39);1H3,(H,3,4). The number of nitrogens with two attached hydrogens (primary N) is 1. The maximum Gasteiger partial charge on any atom is 0.335 e. The zero-order chi connectivity index (χ0) is 33.6. The first-order chi connectivity index (χ1) is 22.0. The van der Waals surface area contributed by atoms with Crippen molar-refractivity contribution < 1.29 is 38.8 Å². The molecule has 4 aromatic rings. The summed E-state index contributed by atoms with van der Waals surface area (Å²) in [5.41, 5.74) is 9.10. The van der Waals surface area contributed by atoms with Crippen molar-refractivity contribution in [3.63, 3.8) is 0 Å². The molecule has 12 nitrogen and oxygen atoms in total. The molecule has 1 unspecified atom stereocenters. The maximum atomic E-state index is 13.8. The molecule has 0 saturated heterocycles. The number of benzene rings is 4. The van der Waals surface area contributed by atoms with E-state index in [-0.39, 0.29) is 23.9 Å². The minimum atomic E-state index is -1.02. The second-order valence-electron chi connectivity index (χ2n) is 9.83. The van der Waals surface area contributed by atoms with Gasteiger partial charge in [-0.15, -0.1) is 0 Å². The lowest BCUT2D eigenvalue weighted by molar-refractivity contribution is -0.134. The van der Waals surface area contributed by atoms with Crippen LogP contribution >= 0.6 is 0 Å². The summed E-state index contributed by atoms with van der Waals surface area (Å²) >= 11 is 0. The summed E-state index contributed by atoms with van der Waals surface area (Å²) in [5, 5.41) is 30.6. The smallest absolute Gasteiger partial charge is 0.335 e. The largest absolute Gasteiger partial charge is 0.493 e. The summed E-state index contributed by atoms with van der Waals surface area (Å²) in [5.74, 6) is -1.06. The average Bonchev–Trinajstić information content (AvgIpc) is 3.05. The lowest BCUT2D eigenvalue weighted by atomic mass is 10.0.